The summed E-state index contributed by atoms with van der Waals surface area (Å²) >= 11 is 1.89. The Bertz CT molecular complexity index is 600. The molecule has 3 rings (SSSR count). The number of nitrogens with zero attached hydrogens (tertiary/aromatic N) is 3. The molecule has 3 nitrogen and oxygen atoms in total. The molecule has 112 valence electrons. The summed E-state index contributed by atoms with van der Waals surface area (Å²) in [4.78, 5) is 0. The van der Waals surface area contributed by atoms with E-state index >= 15 is 0 Å². The molecule has 0 aliphatic heterocycles. The second-order valence-electron chi connectivity index (χ2n) is 7.04. The standard InChI is InChI=1S/C16H23N3SSi/c1-21(2,3)12-20-16-18-17-15(14-9-10-14)19(16)11-13-7-5-4-6-8-13/h4-8,14H,9-12H2,1-3H3. The summed E-state index contributed by atoms with van der Waals surface area (Å²) in [6.45, 7) is 8.10. The quantitative estimate of drug-likeness (QED) is 0.592. The van der Waals surface area contributed by atoms with Crippen LogP contribution in [-0.4, -0.2) is 28.2 Å². The van der Waals surface area contributed by atoms with Crippen LogP contribution < -0.4 is 0 Å². The lowest BCUT2D eigenvalue weighted by atomic mass is 10.2. The van der Waals surface area contributed by atoms with Gasteiger partial charge in [-0.2, -0.15) is 0 Å². The number of benzene rings is 1. The van der Waals surface area contributed by atoms with Crippen molar-refractivity contribution in [3.8, 4) is 0 Å². The van der Waals surface area contributed by atoms with Gasteiger partial charge in [0.15, 0.2) is 5.16 Å². The van der Waals surface area contributed by atoms with E-state index in [9.17, 15) is 0 Å². The van der Waals surface area contributed by atoms with Crippen LogP contribution in [0, 0.1) is 0 Å². The van der Waals surface area contributed by atoms with E-state index in [0.29, 0.717) is 5.92 Å². The summed E-state index contributed by atoms with van der Waals surface area (Å²) in [6, 6.07) is 10.6. The van der Waals surface area contributed by atoms with E-state index < -0.39 is 8.07 Å². The fourth-order valence-corrected chi connectivity index (χ4v) is 4.91. The minimum absolute atomic E-state index is 0.641. The highest BCUT2D eigenvalue weighted by atomic mass is 32.2. The van der Waals surface area contributed by atoms with Crippen LogP contribution in [0.4, 0.5) is 0 Å². The maximum Gasteiger partial charge on any atom is 0.191 e. The van der Waals surface area contributed by atoms with E-state index in [-0.39, 0.29) is 0 Å². The summed E-state index contributed by atoms with van der Waals surface area (Å²) in [5.74, 6) is 1.83. The fourth-order valence-electron chi connectivity index (χ4n) is 2.25. The Morgan fingerprint density at radius 3 is 2.48 bits per heavy atom. The number of hydrogen-bond acceptors (Lipinski definition) is 3. The van der Waals surface area contributed by atoms with Gasteiger partial charge in [0.2, 0.25) is 0 Å². The number of thioether (sulfide) groups is 1. The summed E-state index contributed by atoms with van der Waals surface area (Å²) in [5.41, 5.74) is 1.33. The first-order valence-electron chi connectivity index (χ1n) is 7.63. The van der Waals surface area contributed by atoms with Crippen molar-refractivity contribution < 1.29 is 0 Å². The molecule has 0 saturated heterocycles. The Morgan fingerprint density at radius 2 is 1.86 bits per heavy atom. The van der Waals surface area contributed by atoms with E-state index in [1.165, 1.54) is 29.6 Å². The molecule has 21 heavy (non-hydrogen) atoms. The van der Waals surface area contributed by atoms with Crippen molar-refractivity contribution in [3.63, 3.8) is 0 Å². The fraction of sp³-hybridized carbons (Fsp3) is 0.500. The Balaban J connectivity index is 1.83. The summed E-state index contributed by atoms with van der Waals surface area (Å²) in [6.07, 6.45) is 2.54. The van der Waals surface area contributed by atoms with Gasteiger partial charge in [-0.3, -0.25) is 0 Å². The van der Waals surface area contributed by atoms with Crippen molar-refractivity contribution in [2.45, 2.75) is 50.1 Å². The molecule has 0 atom stereocenters. The highest BCUT2D eigenvalue weighted by Gasteiger charge is 2.30. The Morgan fingerprint density at radius 1 is 1.14 bits per heavy atom. The Hall–Kier alpha value is -1.07. The van der Waals surface area contributed by atoms with Crippen molar-refractivity contribution in [1.82, 2.24) is 14.8 Å². The highest BCUT2D eigenvalue weighted by Crippen LogP contribution is 2.40. The molecule has 1 fully saturated rings. The second-order valence-corrected chi connectivity index (χ2v) is 14.0. The van der Waals surface area contributed by atoms with Crippen LogP contribution in [0.1, 0.15) is 30.1 Å². The lowest BCUT2D eigenvalue weighted by Gasteiger charge is -2.15. The third-order valence-electron chi connectivity index (χ3n) is 3.51. The van der Waals surface area contributed by atoms with Gasteiger partial charge in [-0.05, 0) is 23.8 Å². The number of aromatic nitrogens is 3. The Kier molecular flexibility index (Phi) is 4.22. The monoisotopic (exact) mass is 317 g/mol. The van der Waals surface area contributed by atoms with Crippen molar-refractivity contribution in [1.29, 1.82) is 0 Å². The van der Waals surface area contributed by atoms with Crippen LogP contribution in [0.5, 0.6) is 0 Å². The van der Waals surface area contributed by atoms with Gasteiger partial charge in [-0.25, -0.2) is 0 Å². The van der Waals surface area contributed by atoms with Gasteiger partial charge in [-0.1, -0.05) is 61.7 Å². The topological polar surface area (TPSA) is 30.7 Å². The molecule has 1 aromatic carbocycles. The van der Waals surface area contributed by atoms with Gasteiger partial charge in [0.05, 0.1) is 14.6 Å². The van der Waals surface area contributed by atoms with Gasteiger partial charge in [0, 0.05) is 5.92 Å². The predicted molar refractivity (Wildman–Crippen MR) is 91.6 cm³/mol. The molecular weight excluding hydrogens is 294 g/mol. The molecule has 1 heterocycles. The number of hydrogen-bond donors (Lipinski definition) is 0. The van der Waals surface area contributed by atoms with Gasteiger partial charge >= 0.3 is 0 Å². The van der Waals surface area contributed by atoms with E-state index in [4.69, 9.17) is 0 Å². The van der Waals surface area contributed by atoms with Crippen molar-refractivity contribution in [2.75, 3.05) is 5.38 Å². The molecule has 0 bridgehead atoms. The molecule has 0 N–H and O–H groups in total. The van der Waals surface area contributed by atoms with Crippen molar-refractivity contribution in [2.24, 2.45) is 0 Å². The van der Waals surface area contributed by atoms with Gasteiger partial charge in [0.25, 0.3) is 0 Å². The van der Waals surface area contributed by atoms with Crippen LogP contribution in [0.2, 0.25) is 19.6 Å². The smallest absolute Gasteiger partial charge is 0.191 e. The van der Waals surface area contributed by atoms with Crippen LogP contribution >= 0.6 is 11.8 Å². The van der Waals surface area contributed by atoms with Crippen molar-refractivity contribution >= 4 is 19.8 Å². The predicted octanol–water partition coefficient (Wildman–Crippen LogP) is 4.17. The highest BCUT2D eigenvalue weighted by molar-refractivity contribution is 8.00. The van der Waals surface area contributed by atoms with Gasteiger partial charge in [-0.15, -0.1) is 10.2 Å². The second kappa shape index (κ2) is 5.97. The molecule has 1 aliphatic rings. The Labute approximate surface area is 132 Å². The van der Waals surface area contributed by atoms with Gasteiger partial charge in [0.1, 0.15) is 5.82 Å². The average Bonchev–Trinajstić information content (AvgIpc) is 3.20. The molecule has 1 aromatic heterocycles. The van der Waals surface area contributed by atoms with Crippen LogP contribution in [0.25, 0.3) is 0 Å². The zero-order valence-corrected chi connectivity index (χ0v) is 14.9. The zero-order chi connectivity index (χ0) is 14.9. The molecule has 0 radical (unpaired) electrons. The summed E-state index contributed by atoms with van der Waals surface area (Å²) < 4.78 is 2.35. The molecule has 0 amide bonds. The maximum absolute atomic E-state index is 4.48. The average molecular weight is 318 g/mol. The minimum atomic E-state index is -1.08. The third-order valence-corrected chi connectivity index (χ3v) is 8.11. The summed E-state index contributed by atoms with van der Waals surface area (Å²) in [7, 11) is -1.08. The molecule has 0 spiro atoms. The van der Waals surface area contributed by atoms with Gasteiger partial charge < -0.3 is 4.57 Å². The van der Waals surface area contributed by atoms with Crippen LogP contribution in [-0.2, 0) is 6.54 Å². The minimum Gasteiger partial charge on any atom is -0.301 e. The lowest BCUT2D eigenvalue weighted by Crippen LogP contribution is -2.24. The molecule has 2 aromatic rings. The maximum atomic E-state index is 4.48. The first-order valence-corrected chi connectivity index (χ1v) is 12.3. The van der Waals surface area contributed by atoms with E-state index in [2.05, 4.69) is 64.7 Å². The largest absolute Gasteiger partial charge is 0.301 e. The lowest BCUT2D eigenvalue weighted by molar-refractivity contribution is 0.668. The van der Waals surface area contributed by atoms with Crippen LogP contribution in [0.3, 0.4) is 0 Å². The molecule has 1 aliphatic carbocycles. The summed E-state index contributed by atoms with van der Waals surface area (Å²) in [5, 5.41) is 11.3. The SMILES string of the molecule is C[Si](C)(C)CSc1nnc(C2CC2)n1Cc1ccccc1. The molecular formula is C16H23N3SSi. The zero-order valence-electron chi connectivity index (χ0n) is 13.0. The first kappa shape index (κ1) is 14.8. The van der Waals surface area contributed by atoms with Crippen molar-refractivity contribution in [3.05, 3.63) is 41.7 Å². The first-order chi connectivity index (χ1) is 10.0. The molecule has 0 unspecified atom stereocenters. The van der Waals surface area contributed by atoms with E-state index in [1.54, 1.807) is 0 Å². The molecule has 1 saturated carbocycles. The van der Waals surface area contributed by atoms with Crippen LogP contribution in [0.15, 0.2) is 35.5 Å². The number of rotatable bonds is 6. The van der Waals surface area contributed by atoms with E-state index in [1.807, 2.05) is 11.8 Å². The van der Waals surface area contributed by atoms with E-state index in [0.717, 1.165) is 11.7 Å². The third kappa shape index (κ3) is 3.98. The molecule has 5 heteroatoms. The normalized spacial score (nSPS) is 15.4.